The van der Waals surface area contributed by atoms with Crippen LogP contribution in [0.25, 0.3) is 0 Å². The molecular weight excluding hydrogens is 274 g/mol. The summed E-state index contributed by atoms with van der Waals surface area (Å²) in [6.07, 6.45) is 4.42. The Morgan fingerprint density at radius 3 is 2.69 bits per heavy atom. The third kappa shape index (κ3) is 2.52. The van der Waals surface area contributed by atoms with Gasteiger partial charge in [0, 0.05) is 10.5 Å². The van der Waals surface area contributed by atoms with Gasteiger partial charge in [0.05, 0.1) is 11.0 Å². The third-order valence-corrected chi connectivity index (χ3v) is 3.21. The van der Waals surface area contributed by atoms with Crippen LogP contribution < -0.4 is 4.74 Å². The first-order valence-electron chi connectivity index (χ1n) is 5.27. The normalized spacial score (nSPS) is 16.3. The van der Waals surface area contributed by atoms with E-state index in [4.69, 9.17) is 4.74 Å². The van der Waals surface area contributed by atoms with E-state index in [-0.39, 0.29) is 11.8 Å². The van der Waals surface area contributed by atoms with Gasteiger partial charge in [-0.1, -0.05) is 15.9 Å². The second-order valence-corrected chi connectivity index (χ2v) is 4.81. The number of halogens is 1. The van der Waals surface area contributed by atoms with Crippen LogP contribution in [0.1, 0.15) is 25.7 Å². The fourth-order valence-electron chi connectivity index (χ4n) is 1.92. The second-order valence-electron chi connectivity index (χ2n) is 3.89. The molecule has 1 aliphatic rings. The summed E-state index contributed by atoms with van der Waals surface area (Å²) in [6, 6.07) is 4.89. The Morgan fingerprint density at radius 1 is 1.38 bits per heavy atom. The first kappa shape index (κ1) is 11.4. The van der Waals surface area contributed by atoms with Gasteiger partial charge in [0.1, 0.15) is 0 Å². The van der Waals surface area contributed by atoms with Gasteiger partial charge in [-0.2, -0.15) is 0 Å². The van der Waals surface area contributed by atoms with Crippen LogP contribution in [0.15, 0.2) is 22.7 Å². The van der Waals surface area contributed by atoms with Crippen molar-refractivity contribution in [3.8, 4) is 5.75 Å². The number of hydrogen-bond acceptors (Lipinski definition) is 3. The molecule has 0 aliphatic heterocycles. The molecular formula is C11H12BrNO3. The summed E-state index contributed by atoms with van der Waals surface area (Å²) in [4.78, 5) is 10.4. The second kappa shape index (κ2) is 4.82. The van der Waals surface area contributed by atoms with E-state index in [2.05, 4.69) is 15.9 Å². The molecule has 1 aliphatic carbocycles. The van der Waals surface area contributed by atoms with E-state index >= 15 is 0 Å². The van der Waals surface area contributed by atoms with Crippen molar-refractivity contribution in [2.24, 2.45) is 0 Å². The van der Waals surface area contributed by atoms with Crippen molar-refractivity contribution in [2.45, 2.75) is 31.8 Å². The Labute approximate surface area is 102 Å². The Balaban J connectivity index is 2.21. The van der Waals surface area contributed by atoms with E-state index in [9.17, 15) is 10.1 Å². The maximum Gasteiger partial charge on any atom is 0.312 e. The van der Waals surface area contributed by atoms with Crippen molar-refractivity contribution in [2.75, 3.05) is 0 Å². The summed E-state index contributed by atoms with van der Waals surface area (Å²) >= 11 is 3.22. The van der Waals surface area contributed by atoms with Crippen LogP contribution >= 0.6 is 15.9 Å². The molecule has 2 rings (SSSR count). The summed E-state index contributed by atoms with van der Waals surface area (Å²) in [5.74, 6) is 0.375. The summed E-state index contributed by atoms with van der Waals surface area (Å²) in [6.45, 7) is 0. The van der Waals surface area contributed by atoms with Crippen molar-refractivity contribution in [3.63, 3.8) is 0 Å². The van der Waals surface area contributed by atoms with E-state index in [1.165, 1.54) is 6.07 Å². The highest BCUT2D eigenvalue weighted by Crippen LogP contribution is 2.33. The molecule has 0 unspecified atom stereocenters. The minimum absolute atomic E-state index is 0.0290. The lowest BCUT2D eigenvalue weighted by atomic mass is 10.2. The van der Waals surface area contributed by atoms with E-state index < -0.39 is 4.92 Å². The standard InChI is InChI=1S/C11H12BrNO3/c12-8-5-6-11(10(7-8)13(14)15)16-9-3-1-2-4-9/h5-7,9H,1-4H2. The van der Waals surface area contributed by atoms with Crippen LogP contribution in [0.4, 0.5) is 5.69 Å². The van der Waals surface area contributed by atoms with Crippen LogP contribution in [0.5, 0.6) is 5.75 Å². The average Bonchev–Trinajstić information content (AvgIpc) is 2.73. The first-order valence-corrected chi connectivity index (χ1v) is 6.07. The molecule has 4 nitrogen and oxygen atoms in total. The predicted molar refractivity (Wildman–Crippen MR) is 63.7 cm³/mol. The molecule has 0 radical (unpaired) electrons. The van der Waals surface area contributed by atoms with E-state index in [0.29, 0.717) is 10.2 Å². The van der Waals surface area contributed by atoms with Crippen LogP contribution in [0.2, 0.25) is 0 Å². The number of hydrogen-bond donors (Lipinski definition) is 0. The Kier molecular flexibility index (Phi) is 3.43. The lowest BCUT2D eigenvalue weighted by Crippen LogP contribution is -2.11. The monoisotopic (exact) mass is 285 g/mol. The van der Waals surface area contributed by atoms with Gasteiger partial charge in [-0.25, -0.2) is 0 Å². The zero-order valence-electron chi connectivity index (χ0n) is 8.69. The third-order valence-electron chi connectivity index (χ3n) is 2.71. The number of benzene rings is 1. The van der Waals surface area contributed by atoms with E-state index in [1.807, 2.05) is 0 Å². The highest BCUT2D eigenvalue weighted by atomic mass is 79.9. The molecule has 5 heteroatoms. The summed E-state index contributed by atoms with van der Waals surface area (Å²) < 4.78 is 6.35. The topological polar surface area (TPSA) is 52.4 Å². The highest BCUT2D eigenvalue weighted by molar-refractivity contribution is 9.10. The van der Waals surface area contributed by atoms with Crippen LogP contribution in [-0.4, -0.2) is 11.0 Å². The SMILES string of the molecule is O=[N+]([O-])c1cc(Br)ccc1OC1CCCC1. The summed E-state index contributed by atoms with van der Waals surface area (Å²) in [5.41, 5.74) is 0.0290. The van der Waals surface area contributed by atoms with Crippen LogP contribution in [0.3, 0.4) is 0 Å². The number of nitro benzene ring substituents is 1. The maximum atomic E-state index is 10.9. The minimum atomic E-state index is -0.408. The molecule has 0 atom stereocenters. The first-order chi connectivity index (χ1) is 7.66. The largest absolute Gasteiger partial charge is 0.484 e. The lowest BCUT2D eigenvalue weighted by molar-refractivity contribution is -0.386. The summed E-state index contributed by atoms with van der Waals surface area (Å²) in [5, 5.41) is 10.9. The van der Waals surface area contributed by atoms with Crippen LogP contribution in [-0.2, 0) is 0 Å². The fourth-order valence-corrected chi connectivity index (χ4v) is 2.27. The van der Waals surface area contributed by atoms with Crippen LogP contribution in [0, 0.1) is 10.1 Å². The smallest absolute Gasteiger partial charge is 0.312 e. The van der Waals surface area contributed by atoms with Gasteiger partial charge < -0.3 is 4.74 Å². The van der Waals surface area contributed by atoms with Gasteiger partial charge in [0.25, 0.3) is 0 Å². The van der Waals surface area contributed by atoms with Crippen molar-refractivity contribution in [3.05, 3.63) is 32.8 Å². The van der Waals surface area contributed by atoms with Gasteiger partial charge in [-0.3, -0.25) is 10.1 Å². The molecule has 1 saturated carbocycles. The van der Waals surface area contributed by atoms with Gasteiger partial charge in [0.15, 0.2) is 5.75 Å². The molecule has 16 heavy (non-hydrogen) atoms. The zero-order chi connectivity index (χ0) is 11.5. The Bertz CT molecular complexity index is 402. The minimum Gasteiger partial charge on any atom is -0.484 e. The highest BCUT2D eigenvalue weighted by Gasteiger charge is 2.22. The molecule has 0 bridgehead atoms. The molecule has 0 amide bonds. The van der Waals surface area contributed by atoms with Gasteiger partial charge in [-0.15, -0.1) is 0 Å². The lowest BCUT2D eigenvalue weighted by Gasteiger charge is -2.12. The number of rotatable bonds is 3. The quantitative estimate of drug-likeness (QED) is 0.629. The van der Waals surface area contributed by atoms with Crippen molar-refractivity contribution < 1.29 is 9.66 Å². The molecule has 86 valence electrons. The molecule has 0 saturated heterocycles. The zero-order valence-corrected chi connectivity index (χ0v) is 10.3. The summed E-state index contributed by atoms with van der Waals surface area (Å²) in [7, 11) is 0. The van der Waals surface area contributed by atoms with Gasteiger partial charge in [0.2, 0.25) is 0 Å². The molecule has 0 aromatic heterocycles. The molecule has 0 spiro atoms. The number of nitrogens with zero attached hydrogens (tertiary/aromatic N) is 1. The Morgan fingerprint density at radius 2 is 2.06 bits per heavy atom. The van der Waals surface area contributed by atoms with E-state index in [1.54, 1.807) is 12.1 Å². The molecule has 0 heterocycles. The fraction of sp³-hybridized carbons (Fsp3) is 0.455. The molecule has 0 N–H and O–H groups in total. The van der Waals surface area contributed by atoms with Crippen molar-refractivity contribution in [1.29, 1.82) is 0 Å². The van der Waals surface area contributed by atoms with Crippen molar-refractivity contribution >= 4 is 21.6 Å². The molecule has 1 aromatic rings. The van der Waals surface area contributed by atoms with Gasteiger partial charge >= 0.3 is 5.69 Å². The number of nitro groups is 1. The number of ether oxygens (including phenoxy) is 1. The molecule has 1 aromatic carbocycles. The van der Waals surface area contributed by atoms with Gasteiger partial charge in [-0.05, 0) is 37.8 Å². The molecule has 1 fully saturated rings. The van der Waals surface area contributed by atoms with Crippen molar-refractivity contribution in [1.82, 2.24) is 0 Å². The predicted octanol–water partition coefficient (Wildman–Crippen LogP) is 3.68. The average molecular weight is 286 g/mol. The van der Waals surface area contributed by atoms with E-state index in [0.717, 1.165) is 25.7 Å². The Hall–Kier alpha value is -1.10. The maximum absolute atomic E-state index is 10.9.